The molecule has 0 aliphatic carbocycles. The Kier molecular flexibility index (Phi) is 6.21. The molecule has 170 valence electrons. The molecule has 0 unspecified atom stereocenters. The highest BCUT2D eigenvalue weighted by atomic mass is 32.2. The number of anilines is 1. The molecule has 4 rings (SSSR count). The minimum absolute atomic E-state index is 0.0832. The second kappa shape index (κ2) is 8.91. The summed E-state index contributed by atoms with van der Waals surface area (Å²) in [6.45, 7) is 5.10. The number of sulfonamides is 1. The number of oxazole rings is 1. The highest BCUT2D eigenvalue weighted by molar-refractivity contribution is 7.89. The van der Waals surface area contributed by atoms with Crippen molar-refractivity contribution in [3.8, 4) is 0 Å². The summed E-state index contributed by atoms with van der Waals surface area (Å²) in [5.41, 5.74) is 3.50. The fraction of sp³-hybridized carbons (Fsp3) is 0.391. The summed E-state index contributed by atoms with van der Waals surface area (Å²) in [7, 11) is -3.61. The van der Waals surface area contributed by atoms with E-state index in [1.54, 1.807) is 6.07 Å². The maximum Gasteiger partial charge on any atom is 0.419 e. The Bertz CT molecular complexity index is 1320. The van der Waals surface area contributed by atoms with Crippen molar-refractivity contribution in [2.24, 2.45) is 0 Å². The topological polar surface area (TPSA) is 102 Å². The van der Waals surface area contributed by atoms with Gasteiger partial charge in [-0.05, 0) is 49.4 Å². The van der Waals surface area contributed by atoms with E-state index in [-0.39, 0.29) is 29.4 Å². The number of amides is 1. The average molecular weight is 458 g/mol. The largest absolute Gasteiger partial charge is 0.419 e. The smallest absolute Gasteiger partial charge is 0.408 e. The van der Waals surface area contributed by atoms with Gasteiger partial charge in [0.05, 0.1) is 10.4 Å². The first-order valence-corrected chi connectivity index (χ1v) is 12.3. The van der Waals surface area contributed by atoms with Crippen LogP contribution in [0.5, 0.6) is 0 Å². The summed E-state index contributed by atoms with van der Waals surface area (Å²) in [5.74, 6) is -0.822. The van der Waals surface area contributed by atoms with Crippen LogP contribution in [0.4, 0.5) is 5.69 Å². The van der Waals surface area contributed by atoms with Gasteiger partial charge < -0.3 is 9.73 Å². The van der Waals surface area contributed by atoms with E-state index in [4.69, 9.17) is 4.42 Å². The van der Waals surface area contributed by atoms with Crippen molar-refractivity contribution in [3.05, 3.63) is 58.1 Å². The van der Waals surface area contributed by atoms with Gasteiger partial charge in [0.25, 0.3) is 0 Å². The van der Waals surface area contributed by atoms with Gasteiger partial charge in [0, 0.05) is 37.8 Å². The van der Waals surface area contributed by atoms with Crippen LogP contribution in [0.2, 0.25) is 0 Å². The molecule has 1 N–H and O–H groups in total. The number of nitrogens with zero attached hydrogens (tertiary/aromatic N) is 2. The van der Waals surface area contributed by atoms with E-state index in [9.17, 15) is 18.0 Å². The van der Waals surface area contributed by atoms with Crippen LogP contribution < -0.4 is 11.1 Å². The molecule has 9 heteroatoms. The Balaban J connectivity index is 1.52. The third-order valence-corrected chi connectivity index (χ3v) is 7.80. The van der Waals surface area contributed by atoms with Gasteiger partial charge in [-0.25, -0.2) is 13.2 Å². The molecule has 32 heavy (non-hydrogen) atoms. The number of benzene rings is 2. The van der Waals surface area contributed by atoms with Gasteiger partial charge in [-0.15, -0.1) is 0 Å². The van der Waals surface area contributed by atoms with E-state index in [2.05, 4.69) is 5.32 Å². The van der Waals surface area contributed by atoms with Crippen molar-refractivity contribution in [3.63, 3.8) is 0 Å². The molecular formula is C23H27N3O5S. The third kappa shape index (κ3) is 4.22. The van der Waals surface area contributed by atoms with Gasteiger partial charge in [-0.2, -0.15) is 4.31 Å². The maximum atomic E-state index is 12.8. The van der Waals surface area contributed by atoms with Gasteiger partial charge in [0.15, 0.2) is 5.58 Å². The lowest BCUT2D eigenvalue weighted by molar-refractivity contribution is -0.116. The summed E-state index contributed by atoms with van der Waals surface area (Å²) in [6.07, 6.45) is 2.57. The molecule has 0 atom stereocenters. The van der Waals surface area contributed by atoms with E-state index in [0.717, 1.165) is 36.1 Å². The predicted molar refractivity (Wildman–Crippen MR) is 122 cm³/mol. The number of nitrogens with one attached hydrogen (secondary N) is 1. The third-order valence-electron chi connectivity index (χ3n) is 5.91. The fourth-order valence-electron chi connectivity index (χ4n) is 4.11. The van der Waals surface area contributed by atoms with Crippen molar-refractivity contribution < 1.29 is 17.6 Å². The monoisotopic (exact) mass is 457 g/mol. The van der Waals surface area contributed by atoms with Crippen LogP contribution >= 0.6 is 0 Å². The molecule has 8 nitrogen and oxygen atoms in total. The fourth-order valence-corrected chi connectivity index (χ4v) is 5.65. The number of carbonyl (C=O) groups is 1. The molecule has 0 saturated carbocycles. The van der Waals surface area contributed by atoms with Gasteiger partial charge in [-0.3, -0.25) is 9.36 Å². The highest BCUT2D eigenvalue weighted by Crippen LogP contribution is 2.25. The minimum Gasteiger partial charge on any atom is -0.408 e. The molecule has 2 heterocycles. The summed E-state index contributed by atoms with van der Waals surface area (Å²) < 4.78 is 33.7. The zero-order chi connectivity index (χ0) is 22.9. The van der Waals surface area contributed by atoms with Gasteiger partial charge in [0.1, 0.15) is 0 Å². The van der Waals surface area contributed by atoms with Crippen molar-refractivity contribution in [1.82, 2.24) is 8.87 Å². The molecule has 2 aromatic carbocycles. The Hall–Kier alpha value is -2.91. The van der Waals surface area contributed by atoms with Crippen molar-refractivity contribution in [1.29, 1.82) is 0 Å². The predicted octanol–water partition coefficient (Wildman–Crippen LogP) is 3.28. The average Bonchev–Trinajstić information content (AvgIpc) is 3.41. The van der Waals surface area contributed by atoms with Gasteiger partial charge in [-0.1, -0.05) is 25.1 Å². The van der Waals surface area contributed by atoms with Crippen LogP contribution in [-0.4, -0.2) is 36.3 Å². The molecule has 1 aliphatic heterocycles. The van der Waals surface area contributed by atoms with Crippen LogP contribution in [0.15, 0.2) is 50.5 Å². The number of fused-ring (bicyclic) bond motifs is 1. The molecular weight excluding hydrogens is 430 g/mol. The maximum absolute atomic E-state index is 12.8. The Morgan fingerprint density at radius 3 is 2.62 bits per heavy atom. The van der Waals surface area contributed by atoms with Crippen LogP contribution in [0.3, 0.4) is 0 Å². The second-order valence-corrected chi connectivity index (χ2v) is 9.96. The number of hydrogen-bond donors (Lipinski definition) is 1. The zero-order valence-corrected chi connectivity index (χ0v) is 19.1. The molecule has 3 aromatic rings. The van der Waals surface area contributed by atoms with E-state index in [1.165, 1.54) is 21.0 Å². The lowest BCUT2D eigenvalue weighted by atomic mass is 10.1. The number of aromatic nitrogens is 1. The molecule has 1 fully saturated rings. The van der Waals surface area contributed by atoms with Crippen LogP contribution in [0, 0.1) is 6.92 Å². The standard InChI is InChI=1S/C23H27N3O5S/c1-3-17-8-6-7-16(2)22(17)24-21(27)11-14-26-19-10-9-18(15-20(19)31-23(26)28)32(29,30)25-12-4-5-13-25/h6-10,15H,3-5,11-14H2,1-2H3,(H,24,27). The first kappa shape index (κ1) is 22.3. The summed E-state index contributed by atoms with van der Waals surface area (Å²) >= 11 is 0. The van der Waals surface area contributed by atoms with E-state index in [0.29, 0.717) is 18.6 Å². The van der Waals surface area contributed by atoms with E-state index in [1.807, 2.05) is 32.0 Å². The molecule has 1 amide bonds. The molecule has 1 aromatic heterocycles. The second-order valence-electron chi connectivity index (χ2n) is 8.02. The Morgan fingerprint density at radius 2 is 1.91 bits per heavy atom. The lowest BCUT2D eigenvalue weighted by Crippen LogP contribution is -2.27. The van der Waals surface area contributed by atoms with Crippen molar-refractivity contribution in [2.75, 3.05) is 18.4 Å². The highest BCUT2D eigenvalue weighted by Gasteiger charge is 2.28. The molecule has 1 saturated heterocycles. The SMILES string of the molecule is CCc1cccc(C)c1NC(=O)CCn1c(=O)oc2cc(S(=O)(=O)N3CCCC3)ccc21. The number of rotatable bonds is 7. The summed E-state index contributed by atoms with van der Waals surface area (Å²) in [4.78, 5) is 25.1. The Morgan fingerprint density at radius 1 is 1.16 bits per heavy atom. The lowest BCUT2D eigenvalue weighted by Gasteiger charge is -2.15. The van der Waals surface area contributed by atoms with Crippen molar-refractivity contribution >= 4 is 32.7 Å². The number of para-hydroxylation sites is 1. The van der Waals surface area contributed by atoms with Crippen LogP contribution in [0.1, 0.15) is 37.3 Å². The first-order valence-electron chi connectivity index (χ1n) is 10.8. The van der Waals surface area contributed by atoms with Crippen LogP contribution in [0.25, 0.3) is 11.1 Å². The van der Waals surface area contributed by atoms with E-state index < -0.39 is 15.8 Å². The number of hydrogen-bond acceptors (Lipinski definition) is 5. The summed E-state index contributed by atoms with van der Waals surface area (Å²) in [6, 6.07) is 10.3. The quantitative estimate of drug-likeness (QED) is 0.587. The number of aryl methyl sites for hydroxylation is 3. The van der Waals surface area contributed by atoms with Gasteiger partial charge in [0.2, 0.25) is 15.9 Å². The van der Waals surface area contributed by atoms with Crippen molar-refractivity contribution in [2.45, 2.75) is 51.0 Å². The number of carbonyl (C=O) groups excluding carboxylic acids is 1. The Labute approximate surface area is 186 Å². The molecule has 0 spiro atoms. The zero-order valence-electron chi connectivity index (χ0n) is 18.3. The molecule has 0 bridgehead atoms. The molecule has 1 aliphatic rings. The van der Waals surface area contributed by atoms with Gasteiger partial charge >= 0.3 is 5.76 Å². The summed E-state index contributed by atoms with van der Waals surface area (Å²) in [5, 5.41) is 2.95. The van der Waals surface area contributed by atoms with E-state index >= 15 is 0 Å². The van der Waals surface area contributed by atoms with Crippen LogP contribution in [-0.2, 0) is 27.8 Å². The normalized spacial score (nSPS) is 14.8. The first-order chi connectivity index (χ1) is 15.3. The molecule has 0 radical (unpaired) electrons. The minimum atomic E-state index is -3.61.